The minimum absolute atomic E-state index is 0.0898. The number of ether oxygens (including phenoxy) is 2. The van der Waals surface area contributed by atoms with Crippen LogP contribution in [-0.2, 0) is 22.6 Å². The maximum atomic E-state index is 14.4. The van der Waals surface area contributed by atoms with Gasteiger partial charge in [-0.25, -0.2) is 8.78 Å². The summed E-state index contributed by atoms with van der Waals surface area (Å²) in [4.78, 5) is 32.0. The number of anilines is 1. The van der Waals surface area contributed by atoms with Gasteiger partial charge in [-0.05, 0) is 62.4 Å². The Labute approximate surface area is 230 Å². The highest BCUT2D eigenvalue weighted by atomic mass is 19.2. The summed E-state index contributed by atoms with van der Waals surface area (Å²) in [5.41, 5.74) is 1.68. The summed E-state index contributed by atoms with van der Waals surface area (Å²) in [6.07, 6.45) is 2.41. The zero-order valence-electron chi connectivity index (χ0n) is 23.8. The fraction of sp³-hybridized carbons (Fsp3) is 0.533. The van der Waals surface area contributed by atoms with Crippen LogP contribution < -0.4 is 14.4 Å². The van der Waals surface area contributed by atoms with E-state index in [9.17, 15) is 18.4 Å². The Morgan fingerprint density at radius 2 is 1.56 bits per heavy atom. The predicted molar refractivity (Wildman–Crippen MR) is 148 cm³/mol. The summed E-state index contributed by atoms with van der Waals surface area (Å²) in [7, 11) is 3.13. The molecule has 2 aromatic carbocycles. The fourth-order valence-corrected chi connectivity index (χ4v) is 4.99. The maximum Gasteiger partial charge on any atom is 0.226 e. The molecule has 2 aromatic rings. The van der Waals surface area contributed by atoms with E-state index in [0.29, 0.717) is 54.7 Å². The van der Waals surface area contributed by atoms with Crippen LogP contribution in [0.25, 0.3) is 0 Å². The quantitative estimate of drug-likeness (QED) is 0.479. The smallest absolute Gasteiger partial charge is 0.226 e. The Balaban J connectivity index is 1.91. The van der Waals surface area contributed by atoms with Crippen LogP contribution in [0, 0.1) is 11.6 Å². The molecule has 39 heavy (non-hydrogen) atoms. The van der Waals surface area contributed by atoms with Crippen LogP contribution in [0.1, 0.15) is 57.6 Å². The third-order valence-corrected chi connectivity index (χ3v) is 7.24. The van der Waals surface area contributed by atoms with Gasteiger partial charge in [-0.1, -0.05) is 13.0 Å². The first-order chi connectivity index (χ1) is 18.7. The van der Waals surface area contributed by atoms with E-state index < -0.39 is 11.6 Å². The van der Waals surface area contributed by atoms with E-state index in [-0.39, 0.29) is 31.2 Å². The lowest BCUT2D eigenvalue weighted by Crippen LogP contribution is -2.40. The number of benzene rings is 2. The zero-order chi connectivity index (χ0) is 28.5. The molecule has 0 fully saturated rings. The molecule has 1 aliphatic rings. The normalized spacial score (nSPS) is 15.4. The van der Waals surface area contributed by atoms with Gasteiger partial charge in [0.15, 0.2) is 23.1 Å². The number of rotatable bonds is 7. The van der Waals surface area contributed by atoms with E-state index in [0.717, 1.165) is 37.2 Å². The SMILES string of the molecule is CCC(=O)N1CCCN(C(C)C)CCCN(C(=O)CCc2ccc(OC)c(OC)c2)Cc2cc(F)c(F)cc21. The van der Waals surface area contributed by atoms with Crippen LogP contribution in [0.2, 0.25) is 0 Å². The molecule has 1 aliphatic heterocycles. The monoisotopic (exact) mass is 545 g/mol. The molecule has 0 spiro atoms. The number of methoxy groups -OCH3 is 2. The molecule has 0 aliphatic carbocycles. The predicted octanol–water partition coefficient (Wildman–Crippen LogP) is 5.19. The molecule has 7 nitrogen and oxygen atoms in total. The second kappa shape index (κ2) is 14.3. The number of hydrogen-bond donors (Lipinski definition) is 0. The summed E-state index contributed by atoms with van der Waals surface area (Å²) in [5.74, 6) is -1.06. The molecule has 2 amide bonds. The molecule has 9 heteroatoms. The molecule has 214 valence electrons. The molecule has 3 rings (SSSR count). The van der Waals surface area contributed by atoms with Crippen LogP contribution in [0.15, 0.2) is 30.3 Å². The van der Waals surface area contributed by atoms with Gasteiger partial charge in [-0.2, -0.15) is 0 Å². The number of hydrogen-bond acceptors (Lipinski definition) is 5. The van der Waals surface area contributed by atoms with Crippen LogP contribution in [0.4, 0.5) is 14.5 Å². The Morgan fingerprint density at radius 1 is 0.897 bits per heavy atom. The molecule has 0 bridgehead atoms. The Hall–Kier alpha value is -3.20. The van der Waals surface area contributed by atoms with Crippen molar-refractivity contribution in [1.29, 1.82) is 0 Å². The number of nitrogens with zero attached hydrogens (tertiary/aromatic N) is 3. The largest absolute Gasteiger partial charge is 0.493 e. The molecular weight excluding hydrogens is 504 g/mol. The van der Waals surface area contributed by atoms with E-state index >= 15 is 0 Å². The summed E-state index contributed by atoms with van der Waals surface area (Å²) >= 11 is 0. The number of carbonyl (C=O) groups is 2. The zero-order valence-corrected chi connectivity index (χ0v) is 23.8. The molecule has 0 unspecified atom stereocenters. The topological polar surface area (TPSA) is 62.3 Å². The summed E-state index contributed by atoms with van der Waals surface area (Å²) in [6, 6.07) is 8.08. The van der Waals surface area contributed by atoms with Gasteiger partial charge >= 0.3 is 0 Å². The highest BCUT2D eigenvalue weighted by Gasteiger charge is 2.25. The number of amides is 2. The van der Waals surface area contributed by atoms with Crippen LogP contribution in [-0.4, -0.2) is 68.1 Å². The molecule has 0 N–H and O–H groups in total. The van der Waals surface area contributed by atoms with Gasteiger partial charge in [0.2, 0.25) is 11.8 Å². The number of fused-ring (bicyclic) bond motifs is 1. The van der Waals surface area contributed by atoms with Crippen LogP contribution in [0.5, 0.6) is 11.5 Å². The van der Waals surface area contributed by atoms with Crippen molar-refractivity contribution < 1.29 is 27.8 Å². The molecular formula is C30H41F2N3O4. The van der Waals surface area contributed by atoms with Crippen LogP contribution >= 0.6 is 0 Å². The van der Waals surface area contributed by atoms with Gasteiger partial charge in [0, 0.05) is 57.7 Å². The summed E-state index contributed by atoms with van der Waals surface area (Å²) in [6.45, 7) is 8.51. The van der Waals surface area contributed by atoms with Crippen molar-refractivity contribution in [2.24, 2.45) is 0 Å². The van der Waals surface area contributed by atoms with Gasteiger partial charge in [-0.15, -0.1) is 0 Å². The average molecular weight is 546 g/mol. The second-order valence-corrected chi connectivity index (χ2v) is 10.1. The fourth-order valence-electron chi connectivity index (χ4n) is 4.99. The molecule has 0 atom stereocenters. The standard InChI is InChI=1S/C30H41F2N3O4/c1-6-29(36)35-16-8-14-33(21(2)3)13-7-15-34(20-23-18-24(31)25(32)19-26(23)35)30(37)12-10-22-9-11-27(38-4)28(17-22)39-5/h9,11,17-19,21H,6-8,10,12-16,20H2,1-5H3. The van der Waals surface area contributed by atoms with Crippen molar-refractivity contribution in [3.63, 3.8) is 0 Å². The molecule has 1 heterocycles. The number of carbonyl (C=O) groups excluding carboxylic acids is 2. The summed E-state index contributed by atoms with van der Waals surface area (Å²) < 4.78 is 39.6. The first-order valence-corrected chi connectivity index (χ1v) is 13.7. The van der Waals surface area contributed by atoms with Gasteiger partial charge in [0.25, 0.3) is 0 Å². The number of aryl methyl sites for hydroxylation is 1. The highest BCUT2D eigenvalue weighted by molar-refractivity contribution is 5.94. The van der Waals surface area contributed by atoms with Crippen molar-refractivity contribution in [2.75, 3.05) is 45.3 Å². The average Bonchev–Trinajstić information content (AvgIpc) is 2.92. The first-order valence-electron chi connectivity index (χ1n) is 13.7. The van der Waals surface area contributed by atoms with Gasteiger partial charge < -0.3 is 24.2 Å². The Kier molecular flexibility index (Phi) is 11.1. The van der Waals surface area contributed by atoms with E-state index in [1.807, 2.05) is 18.2 Å². The first kappa shape index (κ1) is 30.3. The van der Waals surface area contributed by atoms with Gasteiger partial charge in [-0.3, -0.25) is 9.59 Å². The molecule has 0 aromatic heterocycles. The minimum Gasteiger partial charge on any atom is -0.493 e. The molecule has 0 saturated heterocycles. The Bertz CT molecular complexity index is 1140. The van der Waals surface area contributed by atoms with Crippen LogP contribution in [0.3, 0.4) is 0 Å². The van der Waals surface area contributed by atoms with Gasteiger partial charge in [0.05, 0.1) is 19.9 Å². The minimum atomic E-state index is -1.01. The third kappa shape index (κ3) is 7.91. The van der Waals surface area contributed by atoms with E-state index in [2.05, 4.69) is 18.7 Å². The van der Waals surface area contributed by atoms with Crippen molar-refractivity contribution in [3.8, 4) is 11.5 Å². The van der Waals surface area contributed by atoms with Crippen molar-refractivity contribution >= 4 is 17.5 Å². The third-order valence-electron chi connectivity index (χ3n) is 7.24. The lowest BCUT2D eigenvalue weighted by Gasteiger charge is -2.33. The van der Waals surface area contributed by atoms with E-state index in [4.69, 9.17) is 9.47 Å². The molecule has 0 saturated carbocycles. The van der Waals surface area contributed by atoms with E-state index in [1.54, 1.807) is 30.9 Å². The van der Waals surface area contributed by atoms with Crippen molar-refractivity contribution in [1.82, 2.24) is 9.80 Å². The van der Waals surface area contributed by atoms with Crippen molar-refractivity contribution in [2.45, 2.75) is 65.5 Å². The highest BCUT2D eigenvalue weighted by Crippen LogP contribution is 2.29. The van der Waals surface area contributed by atoms with Gasteiger partial charge in [0.1, 0.15) is 0 Å². The van der Waals surface area contributed by atoms with Crippen molar-refractivity contribution in [3.05, 3.63) is 53.1 Å². The summed E-state index contributed by atoms with van der Waals surface area (Å²) in [5, 5.41) is 0. The number of halogens is 2. The Morgan fingerprint density at radius 3 is 2.21 bits per heavy atom. The lowest BCUT2D eigenvalue weighted by atomic mass is 10.1. The van der Waals surface area contributed by atoms with E-state index in [1.165, 1.54) is 0 Å². The second-order valence-electron chi connectivity index (χ2n) is 10.1. The molecule has 0 radical (unpaired) electrons. The maximum absolute atomic E-state index is 14.4. The lowest BCUT2D eigenvalue weighted by molar-refractivity contribution is -0.131.